The Morgan fingerprint density at radius 3 is 3.06 bits per heavy atom. The van der Waals surface area contributed by atoms with Crippen LogP contribution in [0.5, 0.6) is 0 Å². The molecule has 0 aliphatic carbocycles. The van der Waals surface area contributed by atoms with Gasteiger partial charge < -0.3 is 9.64 Å². The van der Waals surface area contributed by atoms with Gasteiger partial charge in [-0.15, -0.1) is 0 Å². The number of nitrogens with zero attached hydrogens (tertiary/aromatic N) is 4. The average molecular weight is 250 g/mol. The molecule has 0 amide bonds. The molecule has 2 heterocycles. The highest BCUT2D eigenvalue weighted by molar-refractivity contribution is 7.09. The number of aromatic nitrogens is 3. The molecule has 90 valence electrons. The molecular formula is C11H14N4OS. The first-order valence-corrected chi connectivity index (χ1v) is 5.98. The van der Waals surface area contributed by atoms with Crippen LogP contribution in [0.4, 0.5) is 5.13 Å². The standard InChI is InChI=1S/C11H14N4OS/c1-15(7-9-4-3-5-12-6-9)11-13-10(8-16-2)14-17-11/h3-6H,7-8H2,1-2H3. The molecule has 2 aromatic rings. The van der Waals surface area contributed by atoms with Gasteiger partial charge in [0.25, 0.3) is 0 Å². The van der Waals surface area contributed by atoms with Crippen molar-refractivity contribution in [3.8, 4) is 0 Å². The summed E-state index contributed by atoms with van der Waals surface area (Å²) >= 11 is 1.38. The Labute approximate surface area is 104 Å². The van der Waals surface area contributed by atoms with Crippen LogP contribution in [0.15, 0.2) is 24.5 Å². The van der Waals surface area contributed by atoms with Gasteiger partial charge in [0.1, 0.15) is 6.61 Å². The minimum absolute atomic E-state index is 0.456. The quantitative estimate of drug-likeness (QED) is 0.808. The van der Waals surface area contributed by atoms with E-state index in [0.717, 1.165) is 23.1 Å². The Hall–Kier alpha value is -1.53. The van der Waals surface area contributed by atoms with Gasteiger partial charge in [0.2, 0.25) is 5.13 Å². The van der Waals surface area contributed by atoms with Crippen LogP contribution in [0.25, 0.3) is 0 Å². The van der Waals surface area contributed by atoms with Crippen LogP contribution in [0.2, 0.25) is 0 Å². The van der Waals surface area contributed by atoms with Crippen LogP contribution >= 0.6 is 11.5 Å². The lowest BCUT2D eigenvalue weighted by Crippen LogP contribution is -2.16. The molecule has 0 N–H and O–H groups in total. The van der Waals surface area contributed by atoms with E-state index in [0.29, 0.717) is 6.61 Å². The third kappa shape index (κ3) is 3.21. The molecule has 0 radical (unpaired) electrons. The monoisotopic (exact) mass is 250 g/mol. The Kier molecular flexibility index (Phi) is 4.00. The highest BCUT2D eigenvalue weighted by atomic mass is 32.1. The zero-order valence-corrected chi connectivity index (χ0v) is 10.6. The van der Waals surface area contributed by atoms with Crippen LogP contribution in [-0.4, -0.2) is 28.5 Å². The van der Waals surface area contributed by atoms with Crippen molar-refractivity contribution in [2.75, 3.05) is 19.1 Å². The molecule has 0 unspecified atom stereocenters. The first-order valence-electron chi connectivity index (χ1n) is 5.21. The maximum atomic E-state index is 4.99. The molecule has 17 heavy (non-hydrogen) atoms. The van der Waals surface area contributed by atoms with E-state index in [2.05, 4.69) is 14.3 Å². The number of ether oxygens (including phenoxy) is 1. The predicted octanol–water partition coefficient (Wildman–Crippen LogP) is 1.72. The second-order valence-electron chi connectivity index (χ2n) is 3.64. The number of rotatable bonds is 5. The largest absolute Gasteiger partial charge is 0.377 e. The number of hydrogen-bond donors (Lipinski definition) is 0. The molecule has 0 spiro atoms. The van der Waals surface area contributed by atoms with Gasteiger partial charge in [-0.25, -0.2) is 4.98 Å². The van der Waals surface area contributed by atoms with E-state index in [1.54, 1.807) is 13.3 Å². The fraction of sp³-hybridized carbons (Fsp3) is 0.364. The number of methoxy groups -OCH3 is 1. The van der Waals surface area contributed by atoms with Gasteiger partial charge in [-0.2, -0.15) is 4.37 Å². The molecule has 5 nitrogen and oxygen atoms in total. The second-order valence-corrected chi connectivity index (χ2v) is 4.37. The summed E-state index contributed by atoms with van der Waals surface area (Å²) in [7, 11) is 3.63. The zero-order valence-electron chi connectivity index (χ0n) is 9.83. The lowest BCUT2D eigenvalue weighted by atomic mass is 10.3. The number of pyridine rings is 1. The van der Waals surface area contributed by atoms with Crippen molar-refractivity contribution < 1.29 is 4.74 Å². The molecule has 0 saturated carbocycles. The first-order chi connectivity index (χ1) is 8.29. The summed E-state index contributed by atoms with van der Waals surface area (Å²) in [6.07, 6.45) is 3.62. The van der Waals surface area contributed by atoms with E-state index >= 15 is 0 Å². The summed E-state index contributed by atoms with van der Waals surface area (Å²) in [6, 6.07) is 3.97. The zero-order chi connectivity index (χ0) is 12.1. The van der Waals surface area contributed by atoms with Crippen LogP contribution in [-0.2, 0) is 17.9 Å². The van der Waals surface area contributed by atoms with E-state index in [1.807, 2.05) is 30.3 Å². The number of hydrogen-bond acceptors (Lipinski definition) is 6. The fourth-order valence-electron chi connectivity index (χ4n) is 1.42. The second kappa shape index (κ2) is 5.70. The van der Waals surface area contributed by atoms with Crippen molar-refractivity contribution >= 4 is 16.7 Å². The number of anilines is 1. The summed E-state index contributed by atoms with van der Waals surface area (Å²) in [5.41, 5.74) is 1.15. The van der Waals surface area contributed by atoms with Crippen LogP contribution in [0.3, 0.4) is 0 Å². The van der Waals surface area contributed by atoms with Crippen LogP contribution in [0.1, 0.15) is 11.4 Å². The van der Waals surface area contributed by atoms with Crippen molar-refractivity contribution in [3.63, 3.8) is 0 Å². The Morgan fingerprint density at radius 1 is 1.47 bits per heavy atom. The topological polar surface area (TPSA) is 51.1 Å². The maximum Gasteiger partial charge on any atom is 0.205 e. The lowest BCUT2D eigenvalue weighted by molar-refractivity contribution is 0.179. The van der Waals surface area contributed by atoms with E-state index in [1.165, 1.54) is 11.5 Å². The predicted molar refractivity (Wildman–Crippen MR) is 67.0 cm³/mol. The van der Waals surface area contributed by atoms with Crippen molar-refractivity contribution in [1.29, 1.82) is 0 Å². The smallest absolute Gasteiger partial charge is 0.205 e. The molecule has 2 aromatic heterocycles. The van der Waals surface area contributed by atoms with Crippen molar-refractivity contribution in [2.45, 2.75) is 13.2 Å². The molecular weight excluding hydrogens is 236 g/mol. The summed E-state index contributed by atoms with van der Waals surface area (Å²) in [4.78, 5) is 10.5. The molecule has 0 fully saturated rings. The van der Waals surface area contributed by atoms with Gasteiger partial charge in [-0.3, -0.25) is 4.98 Å². The van der Waals surface area contributed by atoms with Crippen molar-refractivity contribution in [2.24, 2.45) is 0 Å². The van der Waals surface area contributed by atoms with E-state index in [9.17, 15) is 0 Å². The maximum absolute atomic E-state index is 4.99. The van der Waals surface area contributed by atoms with E-state index in [4.69, 9.17) is 4.74 Å². The van der Waals surface area contributed by atoms with Gasteiger partial charge in [0.05, 0.1) is 0 Å². The lowest BCUT2D eigenvalue weighted by Gasteiger charge is -2.14. The minimum atomic E-state index is 0.456. The Bertz CT molecular complexity index is 460. The minimum Gasteiger partial charge on any atom is -0.377 e. The van der Waals surface area contributed by atoms with Gasteiger partial charge in [-0.05, 0) is 11.6 Å². The molecule has 0 aliphatic heterocycles. The summed E-state index contributed by atoms with van der Waals surface area (Å²) in [5.74, 6) is 0.727. The average Bonchev–Trinajstić information content (AvgIpc) is 2.79. The van der Waals surface area contributed by atoms with Crippen LogP contribution in [0, 0.1) is 0 Å². The summed E-state index contributed by atoms with van der Waals surface area (Å²) in [6.45, 7) is 1.23. The summed E-state index contributed by atoms with van der Waals surface area (Å²) in [5, 5.41) is 0.890. The van der Waals surface area contributed by atoms with Gasteiger partial charge in [0, 0.05) is 44.6 Å². The third-order valence-corrected chi connectivity index (χ3v) is 3.07. The summed E-state index contributed by atoms with van der Waals surface area (Å²) < 4.78 is 9.21. The molecule has 0 aliphatic rings. The molecule has 0 bridgehead atoms. The SMILES string of the molecule is COCc1nsc(N(C)Cc2cccnc2)n1. The normalized spacial score (nSPS) is 10.5. The van der Waals surface area contributed by atoms with Gasteiger partial charge in [-0.1, -0.05) is 6.07 Å². The Morgan fingerprint density at radius 2 is 2.35 bits per heavy atom. The highest BCUT2D eigenvalue weighted by Crippen LogP contribution is 2.17. The molecule has 0 aromatic carbocycles. The van der Waals surface area contributed by atoms with Crippen molar-refractivity contribution in [1.82, 2.24) is 14.3 Å². The van der Waals surface area contributed by atoms with E-state index < -0.39 is 0 Å². The first kappa shape index (κ1) is 11.9. The van der Waals surface area contributed by atoms with Crippen LogP contribution < -0.4 is 4.90 Å². The van der Waals surface area contributed by atoms with E-state index in [-0.39, 0.29) is 0 Å². The van der Waals surface area contributed by atoms with Gasteiger partial charge in [0.15, 0.2) is 5.82 Å². The molecule has 6 heteroatoms. The highest BCUT2D eigenvalue weighted by Gasteiger charge is 2.08. The van der Waals surface area contributed by atoms with Crippen molar-refractivity contribution in [3.05, 3.63) is 35.9 Å². The molecule has 0 saturated heterocycles. The Balaban J connectivity index is 2.01. The molecule has 2 rings (SSSR count). The molecule has 0 atom stereocenters. The fourth-order valence-corrected chi connectivity index (χ4v) is 2.05. The van der Waals surface area contributed by atoms with Gasteiger partial charge >= 0.3 is 0 Å². The third-order valence-electron chi connectivity index (χ3n) is 2.20.